The van der Waals surface area contributed by atoms with E-state index >= 15 is 0 Å². The third-order valence-electron chi connectivity index (χ3n) is 2.19. The van der Waals surface area contributed by atoms with Crippen LogP contribution >= 0.6 is 0 Å². The molecule has 0 aliphatic carbocycles. The largest absolute Gasteiger partial charge is 0.480 e. The summed E-state index contributed by atoms with van der Waals surface area (Å²) in [5.74, 6) is -1.68. The van der Waals surface area contributed by atoms with E-state index in [0.717, 1.165) is 0 Å². The maximum absolute atomic E-state index is 10.8. The molecular weight excluding hydrogens is 230 g/mol. The fraction of sp³-hybridized carbons (Fsp3) is 0.750. The summed E-state index contributed by atoms with van der Waals surface area (Å²) in [6, 6.07) is -1.22. The van der Waals surface area contributed by atoms with E-state index in [4.69, 9.17) is 16.6 Å². The molecule has 0 saturated carbocycles. The highest BCUT2D eigenvalue weighted by Gasteiger charge is 2.28. The van der Waals surface area contributed by atoms with Crippen LogP contribution in [0.25, 0.3) is 0 Å². The zero-order valence-corrected chi connectivity index (χ0v) is 9.50. The smallest absolute Gasteiger partial charge is 0.332 e. The van der Waals surface area contributed by atoms with E-state index in [1.807, 2.05) is 0 Å². The summed E-state index contributed by atoms with van der Waals surface area (Å²) in [5, 5.41) is 18.2. The summed E-state index contributed by atoms with van der Waals surface area (Å²) < 4.78 is 0. The lowest BCUT2D eigenvalue weighted by Gasteiger charge is -2.16. The first kappa shape index (κ1) is 14.9. The molecule has 0 saturated heterocycles. The maximum Gasteiger partial charge on any atom is 0.332 e. The predicted octanol–water partition coefficient (Wildman–Crippen LogP) is -1.09. The number of carboxylic acids is 1. The minimum absolute atomic E-state index is 0.0316. The van der Waals surface area contributed by atoms with Crippen LogP contribution in [-0.2, 0) is 4.79 Å². The van der Waals surface area contributed by atoms with Gasteiger partial charge in [0.05, 0.1) is 0 Å². The van der Waals surface area contributed by atoms with Crippen LogP contribution in [0.4, 0.5) is 0 Å². The van der Waals surface area contributed by atoms with E-state index in [1.54, 1.807) is 12.3 Å². The van der Waals surface area contributed by atoms with E-state index < -0.39 is 23.0 Å². The number of nitrogens with one attached hydrogen (secondary N) is 1. The van der Waals surface area contributed by atoms with Gasteiger partial charge < -0.3 is 16.6 Å². The minimum atomic E-state index is -1.25. The number of nitrogens with two attached hydrogens (primary N) is 2. The summed E-state index contributed by atoms with van der Waals surface area (Å²) in [6.45, 7) is 1.99. The minimum Gasteiger partial charge on any atom is -0.480 e. The van der Waals surface area contributed by atoms with Crippen LogP contribution < -0.4 is 16.9 Å². The fourth-order valence-corrected chi connectivity index (χ4v) is 1.33. The van der Waals surface area contributed by atoms with Gasteiger partial charge in [0, 0.05) is 6.54 Å². The van der Waals surface area contributed by atoms with Crippen molar-refractivity contribution in [1.29, 1.82) is 0 Å². The SMILES string of the molecule is CC(CCCN=C(N)N)[C@H](N[N+](=O)[O-])C(=O)O. The summed E-state index contributed by atoms with van der Waals surface area (Å²) in [6.07, 6.45) is 1.02. The number of carboxylic acid groups (broad SMARTS) is 1. The second kappa shape index (κ2) is 7.25. The van der Waals surface area contributed by atoms with Crippen molar-refractivity contribution in [2.45, 2.75) is 25.8 Å². The molecule has 0 fully saturated rings. The van der Waals surface area contributed by atoms with Crippen LogP contribution in [0.15, 0.2) is 4.99 Å². The molecule has 9 nitrogen and oxygen atoms in total. The lowest BCUT2D eigenvalue weighted by Crippen LogP contribution is -2.44. The molecule has 9 heteroatoms. The summed E-state index contributed by atoms with van der Waals surface area (Å²) in [4.78, 5) is 24.7. The third-order valence-corrected chi connectivity index (χ3v) is 2.19. The van der Waals surface area contributed by atoms with Gasteiger partial charge in [0.1, 0.15) is 0 Å². The highest BCUT2D eigenvalue weighted by Crippen LogP contribution is 2.11. The molecule has 0 aliphatic heterocycles. The van der Waals surface area contributed by atoms with Crippen molar-refractivity contribution in [2.75, 3.05) is 6.54 Å². The van der Waals surface area contributed by atoms with E-state index in [9.17, 15) is 14.9 Å². The zero-order chi connectivity index (χ0) is 13.4. The molecular formula is C8H17N5O4. The van der Waals surface area contributed by atoms with Crippen molar-refractivity contribution in [3.05, 3.63) is 10.1 Å². The Labute approximate surface area is 98.0 Å². The Morgan fingerprint density at radius 1 is 1.59 bits per heavy atom. The number of carbonyl (C=O) groups is 1. The van der Waals surface area contributed by atoms with Crippen LogP contribution in [0.5, 0.6) is 0 Å². The van der Waals surface area contributed by atoms with Gasteiger partial charge in [0.15, 0.2) is 17.0 Å². The zero-order valence-electron chi connectivity index (χ0n) is 9.50. The lowest BCUT2D eigenvalue weighted by atomic mass is 9.97. The average Bonchev–Trinajstić information content (AvgIpc) is 2.19. The molecule has 0 aromatic heterocycles. The highest BCUT2D eigenvalue weighted by molar-refractivity contribution is 5.75. The van der Waals surface area contributed by atoms with Gasteiger partial charge >= 0.3 is 5.97 Å². The molecule has 1 unspecified atom stereocenters. The van der Waals surface area contributed by atoms with E-state index in [0.29, 0.717) is 19.4 Å². The number of aliphatic carboxylic acids is 1. The maximum atomic E-state index is 10.8. The Morgan fingerprint density at radius 2 is 2.18 bits per heavy atom. The first-order valence-corrected chi connectivity index (χ1v) is 5.03. The van der Waals surface area contributed by atoms with Crippen molar-refractivity contribution in [3.63, 3.8) is 0 Å². The molecule has 2 atom stereocenters. The number of hydrogen-bond acceptors (Lipinski definition) is 4. The first-order valence-electron chi connectivity index (χ1n) is 5.03. The number of hydrogen-bond donors (Lipinski definition) is 4. The number of rotatable bonds is 8. The van der Waals surface area contributed by atoms with Gasteiger partial charge in [-0.2, -0.15) is 0 Å². The summed E-state index contributed by atoms with van der Waals surface area (Å²) in [7, 11) is 0. The monoisotopic (exact) mass is 247 g/mol. The fourth-order valence-electron chi connectivity index (χ4n) is 1.33. The van der Waals surface area contributed by atoms with Gasteiger partial charge in [0.2, 0.25) is 0 Å². The molecule has 17 heavy (non-hydrogen) atoms. The van der Waals surface area contributed by atoms with E-state index in [-0.39, 0.29) is 5.96 Å². The quantitative estimate of drug-likeness (QED) is 0.139. The highest BCUT2D eigenvalue weighted by atomic mass is 16.7. The Hall–Kier alpha value is -2.06. The number of nitrogens with zero attached hydrogens (tertiary/aromatic N) is 2. The Kier molecular flexibility index (Phi) is 6.37. The van der Waals surface area contributed by atoms with Gasteiger partial charge in [-0.15, -0.1) is 5.43 Å². The number of guanidine groups is 1. The first-order chi connectivity index (χ1) is 7.84. The Balaban J connectivity index is 4.15. The second-order valence-corrected chi connectivity index (χ2v) is 3.63. The van der Waals surface area contributed by atoms with Gasteiger partial charge in [-0.05, 0) is 18.8 Å². The molecule has 6 N–H and O–H groups in total. The molecule has 0 aromatic carbocycles. The predicted molar refractivity (Wildman–Crippen MR) is 60.6 cm³/mol. The molecule has 0 rings (SSSR count). The third kappa shape index (κ3) is 6.93. The van der Waals surface area contributed by atoms with Crippen LogP contribution in [-0.4, -0.2) is 34.7 Å². The van der Waals surface area contributed by atoms with Gasteiger partial charge in [-0.3, -0.25) is 4.99 Å². The average molecular weight is 247 g/mol. The van der Waals surface area contributed by atoms with Crippen molar-refractivity contribution in [2.24, 2.45) is 22.4 Å². The van der Waals surface area contributed by atoms with Crippen molar-refractivity contribution >= 4 is 11.9 Å². The Bertz CT molecular complexity index is 302. The van der Waals surface area contributed by atoms with E-state index in [2.05, 4.69) is 4.99 Å². The standard InChI is InChI=1S/C8H17N5O4/c1-5(3-2-4-11-8(9)10)6(7(14)15)12-13(16)17/h5-6,12H,2-4H2,1H3,(H,14,15)(H4,9,10,11)/t5?,6-/m0/s1. The molecule has 0 aliphatic rings. The van der Waals surface area contributed by atoms with Crippen molar-refractivity contribution < 1.29 is 14.9 Å². The molecule has 98 valence electrons. The van der Waals surface area contributed by atoms with Crippen LogP contribution in [0, 0.1) is 16.0 Å². The van der Waals surface area contributed by atoms with Crippen LogP contribution in [0.2, 0.25) is 0 Å². The number of aliphatic imine (C=N–C) groups is 1. The molecule has 0 bridgehead atoms. The Morgan fingerprint density at radius 3 is 2.59 bits per heavy atom. The van der Waals surface area contributed by atoms with Crippen molar-refractivity contribution in [3.8, 4) is 0 Å². The normalized spacial score (nSPS) is 13.5. The summed E-state index contributed by atoms with van der Waals surface area (Å²) >= 11 is 0. The molecule has 0 aromatic rings. The molecule has 0 amide bonds. The summed E-state index contributed by atoms with van der Waals surface area (Å²) in [5.41, 5.74) is 12.0. The number of hydrazine groups is 1. The van der Waals surface area contributed by atoms with Crippen LogP contribution in [0.3, 0.4) is 0 Å². The van der Waals surface area contributed by atoms with Gasteiger partial charge in [-0.1, -0.05) is 6.92 Å². The second-order valence-electron chi connectivity index (χ2n) is 3.63. The molecule has 0 radical (unpaired) electrons. The van der Waals surface area contributed by atoms with Gasteiger partial charge in [0.25, 0.3) is 0 Å². The van der Waals surface area contributed by atoms with Crippen LogP contribution in [0.1, 0.15) is 19.8 Å². The van der Waals surface area contributed by atoms with Gasteiger partial charge in [-0.25, -0.2) is 14.9 Å². The number of nitro groups is 1. The molecule has 0 heterocycles. The molecule has 0 spiro atoms. The lowest BCUT2D eigenvalue weighted by molar-refractivity contribution is -0.550. The van der Waals surface area contributed by atoms with Crippen molar-refractivity contribution in [1.82, 2.24) is 5.43 Å². The van der Waals surface area contributed by atoms with E-state index in [1.165, 1.54) is 0 Å². The topological polar surface area (TPSA) is 157 Å².